The summed E-state index contributed by atoms with van der Waals surface area (Å²) in [6, 6.07) is 32.4. The van der Waals surface area contributed by atoms with Crippen LogP contribution >= 0.6 is 23.1 Å². The number of Topliss-reactive ketones (excluding diaryl/α,β-unsaturated/α-hetero) is 1. The van der Waals surface area contributed by atoms with E-state index in [0.717, 1.165) is 35.3 Å². The number of likely N-dealkylation sites (tertiary alicyclic amines) is 1. The number of oxime groups is 1. The van der Waals surface area contributed by atoms with Crippen LogP contribution in [0.25, 0.3) is 10.9 Å². The minimum absolute atomic E-state index is 0.0113. The van der Waals surface area contributed by atoms with Gasteiger partial charge in [0, 0.05) is 49.4 Å². The number of fused-ring (bicyclic) bond motifs is 2. The third kappa shape index (κ3) is 18.9. The van der Waals surface area contributed by atoms with Gasteiger partial charge in [0.2, 0.25) is 17.4 Å². The Morgan fingerprint density at radius 3 is 1.73 bits per heavy atom. The topological polar surface area (TPSA) is 279 Å². The van der Waals surface area contributed by atoms with E-state index in [9.17, 15) is 19.2 Å². The Morgan fingerprint density at radius 2 is 1.21 bits per heavy atom. The maximum absolute atomic E-state index is 15.2. The molecule has 2 amide bonds. The lowest BCUT2D eigenvalue weighted by Gasteiger charge is -2.50. The fraction of sp³-hybridized carbons (Fsp3) is 0.405. The van der Waals surface area contributed by atoms with Gasteiger partial charge in [-0.15, -0.1) is 11.8 Å². The number of benzene rings is 5. The lowest BCUT2D eigenvalue weighted by molar-refractivity contribution is -0.925. The minimum Gasteiger partial charge on any atom is -0.497 e. The number of nitrogens with zero attached hydrogens (tertiary/aromatic N) is 6. The number of esters is 3. The van der Waals surface area contributed by atoms with Crippen molar-refractivity contribution in [3.8, 4) is 34.5 Å². The Balaban J connectivity index is 0.954. The molecule has 5 aromatic carbocycles. The van der Waals surface area contributed by atoms with Crippen LogP contribution in [-0.4, -0.2) is 142 Å². The van der Waals surface area contributed by atoms with Crippen LogP contribution in [0.3, 0.4) is 0 Å². The van der Waals surface area contributed by atoms with E-state index in [0.29, 0.717) is 91.9 Å². The predicted molar refractivity (Wildman–Crippen MR) is 377 cm³/mol. The molecule has 1 unspecified atom stereocenters. The number of carbonyl (C=O) groups is 6. The van der Waals surface area contributed by atoms with Crippen LogP contribution in [0.2, 0.25) is 0 Å². The van der Waals surface area contributed by atoms with E-state index in [2.05, 4.69) is 15.5 Å². The van der Waals surface area contributed by atoms with Crippen molar-refractivity contribution >= 4 is 80.5 Å². The molecule has 27 heteroatoms. The zero-order valence-electron chi connectivity index (χ0n) is 58.4. The average molecular weight is 1420 g/mol. The number of thioether (sulfide) groups is 1. The quantitative estimate of drug-likeness (QED) is 0.0109. The molecule has 3 aliphatic heterocycles. The number of carbonyl (C=O) groups excluding carboxylic acids is 6. The molecule has 3 aliphatic rings. The number of quaternary nitrogens is 1. The molecule has 2 fully saturated rings. The molecule has 3 atom stereocenters. The molecule has 1 N–H and O–H groups in total. The van der Waals surface area contributed by atoms with Crippen LogP contribution in [0.4, 0.5) is 9.93 Å². The number of rotatable bonds is 30. The van der Waals surface area contributed by atoms with E-state index in [1.54, 1.807) is 128 Å². The third-order valence-electron chi connectivity index (χ3n) is 16.8. The highest BCUT2D eigenvalue weighted by Crippen LogP contribution is 2.47. The number of thiazole rings is 1. The van der Waals surface area contributed by atoms with E-state index >= 15 is 14.4 Å². The van der Waals surface area contributed by atoms with Gasteiger partial charge < -0.3 is 56.7 Å². The molecular formula is C74H84N7O18S2+. The summed E-state index contributed by atoms with van der Waals surface area (Å²) < 4.78 is 59.2. The maximum Gasteiger partial charge on any atom is 0.413 e. The first-order valence-corrected chi connectivity index (χ1v) is 34.9. The van der Waals surface area contributed by atoms with E-state index in [-0.39, 0.29) is 66.4 Å². The normalized spacial score (nSPS) is 16.1. The van der Waals surface area contributed by atoms with Crippen LogP contribution in [0.1, 0.15) is 107 Å². The van der Waals surface area contributed by atoms with Crippen molar-refractivity contribution in [2.75, 3.05) is 59.1 Å². The molecule has 25 nitrogen and oxygen atoms in total. The summed E-state index contributed by atoms with van der Waals surface area (Å²) in [7, 11) is 6.27. The van der Waals surface area contributed by atoms with Crippen molar-refractivity contribution in [2.24, 2.45) is 11.1 Å². The predicted octanol–water partition coefficient (Wildman–Crippen LogP) is 11.3. The van der Waals surface area contributed by atoms with Crippen molar-refractivity contribution in [3.05, 3.63) is 170 Å². The van der Waals surface area contributed by atoms with Gasteiger partial charge in [0.25, 0.3) is 0 Å². The second-order valence-corrected chi connectivity index (χ2v) is 28.6. The molecule has 0 radical (unpaired) electrons. The molecule has 534 valence electrons. The number of hydrogen-bond acceptors (Lipinski definition) is 23. The lowest BCUT2D eigenvalue weighted by Crippen LogP contribution is -2.63. The van der Waals surface area contributed by atoms with Gasteiger partial charge in [-0.3, -0.25) is 34.1 Å². The first-order chi connectivity index (χ1) is 48.3. The van der Waals surface area contributed by atoms with Gasteiger partial charge in [-0.2, -0.15) is 5.10 Å². The Morgan fingerprint density at radius 1 is 0.683 bits per heavy atom. The highest BCUT2D eigenvalue weighted by molar-refractivity contribution is 8.00. The summed E-state index contributed by atoms with van der Waals surface area (Å²) in [4.78, 5) is 112. The highest BCUT2D eigenvalue weighted by atomic mass is 32.2. The van der Waals surface area contributed by atoms with E-state index < -0.39 is 82.8 Å². The van der Waals surface area contributed by atoms with Crippen LogP contribution in [-0.2, 0) is 87.3 Å². The summed E-state index contributed by atoms with van der Waals surface area (Å²) in [6.45, 7) is 14.0. The second kappa shape index (κ2) is 32.6. The SMILES string of the molecule is CCn1nc(C[N+]2(CC3=C(C(=O)OCc4ccc(OC)cc4)N4C(=O)[C@@H](CC(=O)C(=NOC(CC(=O)OCc5ccc(OC)cc5)C(=O)OC(C)(C)C)c5cnc(NC(=O)OC(C)(C)C)s5)[C@H]4SC3)CCCC2)c(=O)c2cc(OCc3ccc(OC)cc3)c(OCc3ccc(OC)cc3)cc21. The van der Waals surface area contributed by atoms with Crippen LogP contribution in [0.15, 0.2) is 137 Å². The third-order valence-corrected chi connectivity index (χ3v) is 19.1. The molecule has 7 aromatic rings. The number of ketones is 1. The molecule has 0 aliphatic carbocycles. The fourth-order valence-corrected chi connectivity index (χ4v) is 14.0. The van der Waals surface area contributed by atoms with Gasteiger partial charge in [-0.1, -0.05) is 65.0 Å². The van der Waals surface area contributed by atoms with Crippen LogP contribution < -0.4 is 39.2 Å². The monoisotopic (exact) mass is 1420 g/mol. The number of methoxy groups -OCH3 is 4. The van der Waals surface area contributed by atoms with E-state index in [1.807, 2.05) is 55.5 Å². The summed E-state index contributed by atoms with van der Waals surface area (Å²) in [5, 5.41) is 11.5. The van der Waals surface area contributed by atoms with E-state index in [4.69, 9.17) is 57.3 Å². The number of nitrogens with one attached hydrogen (secondary N) is 1. The average Bonchev–Trinajstić information content (AvgIpc) is 1.33. The number of β-lactam (4-membered cyclic amide) rings is 1. The fourth-order valence-electron chi connectivity index (χ4n) is 11.8. The van der Waals surface area contributed by atoms with Crippen molar-refractivity contribution < 1.29 is 85.5 Å². The molecule has 0 spiro atoms. The number of aromatic nitrogens is 3. The van der Waals surface area contributed by atoms with Crippen molar-refractivity contribution in [1.29, 1.82) is 0 Å². The lowest BCUT2D eigenvalue weighted by atomic mass is 9.89. The van der Waals surface area contributed by atoms with Crippen LogP contribution in [0.5, 0.6) is 34.5 Å². The Kier molecular flexibility index (Phi) is 23.8. The molecule has 101 heavy (non-hydrogen) atoms. The summed E-state index contributed by atoms with van der Waals surface area (Å²) in [5.41, 5.74) is 1.90. The second-order valence-electron chi connectivity index (χ2n) is 26.5. The Bertz CT molecular complexity index is 4270. The molecule has 0 saturated carbocycles. The van der Waals surface area contributed by atoms with Gasteiger partial charge in [0.1, 0.15) is 79.4 Å². The minimum atomic E-state index is -1.74. The first kappa shape index (κ1) is 73.7. The number of anilines is 1. The number of hydrogen-bond donors (Lipinski definition) is 1. The summed E-state index contributed by atoms with van der Waals surface area (Å²) >= 11 is 2.20. The summed E-state index contributed by atoms with van der Waals surface area (Å²) in [5.74, 6) is -1.35. The molecule has 2 saturated heterocycles. The zero-order valence-corrected chi connectivity index (χ0v) is 60.1. The Hall–Kier alpha value is -9.99. The van der Waals surface area contributed by atoms with Crippen molar-refractivity contribution in [2.45, 2.75) is 136 Å². The zero-order chi connectivity index (χ0) is 72.2. The van der Waals surface area contributed by atoms with Crippen LogP contribution in [0, 0.1) is 5.92 Å². The highest BCUT2D eigenvalue weighted by Gasteiger charge is 2.55. The number of amides is 2. The van der Waals surface area contributed by atoms with Gasteiger partial charge in [-0.05, 0) is 125 Å². The maximum atomic E-state index is 15.2. The Labute approximate surface area is 593 Å². The molecule has 10 rings (SSSR count). The molecule has 0 bridgehead atoms. The molecule has 2 aromatic heterocycles. The van der Waals surface area contributed by atoms with Crippen molar-refractivity contribution in [1.82, 2.24) is 19.7 Å². The number of aryl methyl sites for hydroxylation is 1. The van der Waals surface area contributed by atoms with Gasteiger partial charge in [-0.25, -0.2) is 19.4 Å². The smallest absolute Gasteiger partial charge is 0.413 e. The number of ether oxygens (including phenoxy) is 10. The van der Waals surface area contributed by atoms with Gasteiger partial charge >= 0.3 is 24.0 Å². The van der Waals surface area contributed by atoms with Gasteiger partial charge in [0.15, 0.2) is 33.8 Å². The molecule has 5 heterocycles. The van der Waals surface area contributed by atoms with Crippen molar-refractivity contribution in [3.63, 3.8) is 0 Å². The molecular weight excluding hydrogens is 1340 g/mol. The van der Waals surface area contributed by atoms with Gasteiger partial charge in [0.05, 0.1) is 75.0 Å². The standard InChI is InChI=1S/C74H83N7O18S2/c1-12-79-57-35-60(94-41-46-17-25-51(90-9)26-18-46)59(93-40-45-15-23-50(89-8)24-16-45)34-54(57)66(84)56(77-79)39-81(31-13-14-32-81)38-49-44-100-68-55(67(85)80(68)65(49)70(87)96-43-48-21-29-53(92-11)30-22-48)33-58(82)64(62-37-75-71(101-62)76-72(88)98-74(5,6)7)78-99-61(69(86)97-73(2,3)4)36-63(83)95-42-47-19-27-52(91-10)28-20-47/h15-30,34-35,37,55,61,68H,12-14,31-33,36,38-44H2,1-11H3/p+1/t55-,61?,68-/m1/s1. The first-order valence-electron chi connectivity index (χ1n) is 33.0. The van der Waals surface area contributed by atoms with E-state index in [1.165, 1.54) is 30.0 Å². The summed E-state index contributed by atoms with van der Waals surface area (Å²) in [6.07, 6.45) is -0.861. The largest absolute Gasteiger partial charge is 0.497 e.